The quantitative estimate of drug-likeness (QED) is 0.0695. The Morgan fingerprint density at radius 2 is 1.12 bits per heavy atom. The molecule has 93 heavy (non-hydrogen) atoms. The fraction of sp³-hybridized carbons (Fsp3) is 0.389. The van der Waals surface area contributed by atoms with E-state index in [0.717, 1.165) is 79.4 Å². The third-order valence-electron chi connectivity index (χ3n) is 17.7. The van der Waals surface area contributed by atoms with Gasteiger partial charge in [-0.2, -0.15) is 22.7 Å². The standard InChI is InChI=1S/C40H47N5O6S.C31H32N4O3S.CH3F/c1-39(2,3)51-38(50)42-40(4,5)37(49)41-30(20-28-23-43(6)31-13-8-7-12-29(28)31)33(46)21-27-19-26-11-9-14-32(44-17-10-15-34(44)47)35(26)45(36(27)48)22-25-16-18-52-24-25;1-33-18-23(24-7-2-3-8-26(24)33)15-25(32)28(36)16-22-14-21-6-4-9-27(34-12-5-10-29(34)37)30(21)35(31(22)38)17-20-11-13-39-19-20;1-2/h7-9,11-14,16,18,23-24,27,30H,10,15,17,19-22H2,1-6H3,(H,41,49)(H,42,50);2-4,6-9,11,13,18-19,22,25H,5,10,12,14-17,32H2,1H3;1H3/t27?,30-;22?,25-;/m11./s1/i;;1D. The van der Waals surface area contributed by atoms with Crippen LogP contribution in [0, 0.1) is 11.8 Å². The first kappa shape index (κ1) is 65.7. The van der Waals surface area contributed by atoms with Gasteiger partial charge < -0.3 is 49.8 Å². The van der Waals surface area contributed by atoms with Crippen molar-refractivity contribution in [3.8, 4) is 0 Å². The molecule has 6 amide bonds. The summed E-state index contributed by atoms with van der Waals surface area (Å²) in [4.78, 5) is 115. The molecule has 4 N–H and O–H groups in total. The molecule has 4 atom stereocenters. The maximum absolute atomic E-state index is 14.5. The number of nitrogens with one attached hydrogen (secondary N) is 2. The Balaban J connectivity index is 0.000000204. The average Bonchev–Trinajstić information content (AvgIpc) is 0.902. The first-order chi connectivity index (χ1) is 44.9. The van der Waals surface area contributed by atoms with Gasteiger partial charge in [0.15, 0.2) is 11.6 Å². The number of halogens is 1. The van der Waals surface area contributed by atoms with Gasteiger partial charge in [-0.3, -0.25) is 38.0 Å². The Kier molecular flexibility index (Phi) is 20.2. The number of carbonyl (C=O) groups is 8. The molecule has 18 nitrogen and oxygen atoms in total. The third kappa shape index (κ3) is 15.0. The minimum atomic E-state index is -1.42. The second-order valence-electron chi connectivity index (χ2n) is 26.0. The molecule has 8 heterocycles. The highest BCUT2D eigenvalue weighted by molar-refractivity contribution is 7.08. The van der Waals surface area contributed by atoms with E-state index in [1.54, 1.807) is 76.9 Å². The number of ketones is 2. The molecular weight excluding hydrogens is 1220 g/mol. The van der Waals surface area contributed by atoms with Crippen molar-refractivity contribution < 1.29 is 48.9 Å². The first-order valence-electron chi connectivity index (χ1n) is 32.2. The molecule has 0 bridgehead atoms. The number of amides is 6. The molecule has 0 saturated carbocycles. The number of Topliss-reactive ketones (excluding diaryl/α,β-unsaturated/α-hetero) is 2. The Hall–Kier alpha value is -8.79. The smallest absolute Gasteiger partial charge is 0.408 e. The third-order valence-corrected chi connectivity index (χ3v) is 19.1. The number of para-hydroxylation sites is 4. The lowest BCUT2D eigenvalue weighted by atomic mass is 9.85. The number of aromatic nitrogens is 2. The monoisotopic (exact) mass is 1300 g/mol. The fourth-order valence-corrected chi connectivity index (χ4v) is 14.5. The van der Waals surface area contributed by atoms with E-state index >= 15 is 0 Å². The van der Waals surface area contributed by atoms with Crippen molar-refractivity contribution in [2.75, 3.05) is 39.8 Å². The average molecular weight is 1300 g/mol. The second kappa shape index (κ2) is 28.6. The van der Waals surface area contributed by atoms with E-state index in [-0.39, 0.29) is 54.5 Å². The van der Waals surface area contributed by atoms with E-state index in [1.807, 2.05) is 138 Å². The number of rotatable bonds is 19. The van der Waals surface area contributed by atoms with Crippen molar-refractivity contribution >= 4 is 114 Å². The Morgan fingerprint density at radius 1 is 0.656 bits per heavy atom. The lowest BCUT2D eigenvalue weighted by Crippen LogP contribution is -2.59. The molecule has 0 aliphatic carbocycles. The summed E-state index contributed by atoms with van der Waals surface area (Å²) in [6.45, 7) is 10.3. The molecule has 488 valence electrons. The van der Waals surface area contributed by atoms with Gasteiger partial charge in [0.1, 0.15) is 11.1 Å². The van der Waals surface area contributed by atoms with Crippen molar-refractivity contribution in [3.63, 3.8) is 0 Å². The van der Waals surface area contributed by atoms with Crippen LogP contribution in [0.4, 0.5) is 31.9 Å². The van der Waals surface area contributed by atoms with Crippen LogP contribution in [0.15, 0.2) is 131 Å². The van der Waals surface area contributed by atoms with Gasteiger partial charge in [0, 0.05) is 105 Å². The maximum atomic E-state index is 14.5. The lowest BCUT2D eigenvalue weighted by Gasteiger charge is -2.37. The van der Waals surface area contributed by atoms with Gasteiger partial charge in [-0.25, -0.2) is 4.79 Å². The van der Waals surface area contributed by atoms with Crippen LogP contribution in [0.5, 0.6) is 0 Å². The summed E-state index contributed by atoms with van der Waals surface area (Å²) in [5, 5.41) is 15.6. The van der Waals surface area contributed by atoms with Crippen LogP contribution < -0.4 is 36.0 Å². The minimum absolute atomic E-state index is 0.0322. The molecular formula is C72H82FN9O9S2. The number of nitrogens with two attached hydrogens (primary N) is 1. The number of anilines is 4. The number of carbonyl (C=O) groups excluding carboxylic acids is 8. The van der Waals surface area contributed by atoms with Crippen molar-refractivity contribution in [2.45, 2.75) is 135 Å². The Morgan fingerprint density at radius 3 is 1.56 bits per heavy atom. The van der Waals surface area contributed by atoms with Gasteiger partial charge in [-0.05, 0) is 158 Å². The molecule has 0 spiro atoms. The zero-order valence-corrected chi connectivity index (χ0v) is 55.4. The molecule has 2 saturated heterocycles. The molecule has 4 aromatic heterocycles. The van der Waals surface area contributed by atoms with Gasteiger partial charge in [-0.1, -0.05) is 60.7 Å². The van der Waals surface area contributed by atoms with Crippen LogP contribution in [0.2, 0.25) is 0 Å². The van der Waals surface area contributed by atoms with E-state index in [9.17, 15) is 42.7 Å². The van der Waals surface area contributed by atoms with Crippen molar-refractivity contribution in [3.05, 3.63) is 164 Å². The van der Waals surface area contributed by atoms with E-state index in [0.29, 0.717) is 69.7 Å². The summed E-state index contributed by atoms with van der Waals surface area (Å²) in [5.74, 6) is -2.31. The molecule has 4 aliphatic rings. The minimum Gasteiger partial charge on any atom is -0.444 e. The second-order valence-corrected chi connectivity index (χ2v) is 27.5. The van der Waals surface area contributed by atoms with Crippen molar-refractivity contribution in [2.24, 2.45) is 31.7 Å². The van der Waals surface area contributed by atoms with Gasteiger partial charge in [0.2, 0.25) is 29.5 Å². The van der Waals surface area contributed by atoms with Gasteiger partial charge in [0.05, 0.1) is 56.4 Å². The molecule has 0 radical (unpaired) electrons. The van der Waals surface area contributed by atoms with Crippen LogP contribution in [-0.2, 0) is 91.2 Å². The summed E-state index contributed by atoms with van der Waals surface area (Å²) in [6.07, 6.45) is 7.15. The maximum Gasteiger partial charge on any atom is 0.408 e. The number of ether oxygens (including phenoxy) is 1. The molecule has 2 fully saturated rings. The number of thiophene rings is 2. The summed E-state index contributed by atoms with van der Waals surface area (Å²) >= 11 is 3.12. The number of fused-ring (bicyclic) bond motifs is 4. The van der Waals surface area contributed by atoms with E-state index in [1.165, 1.54) is 0 Å². The van der Waals surface area contributed by atoms with Crippen molar-refractivity contribution in [1.29, 1.82) is 0 Å². The predicted molar refractivity (Wildman–Crippen MR) is 364 cm³/mol. The highest BCUT2D eigenvalue weighted by Gasteiger charge is 2.42. The zero-order valence-electron chi connectivity index (χ0n) is 54.7. The number of hydrogen-bond donors (Lipinski definition) is 3. The van der Waals surface area contributed by atoms with Gasteiger partial charge >= 0.3 is 6.09 Å². The molecule has 8 aromatic rings. The van der Waals surface area contributed by atoms with E-state index in [4.69, 9.17) is 11.8 Å². The van der Waals surface area contributed by atoms with E-state index in [2.05, 4.69) is 27.3 Å². The summed E-state index contributed by atoms with van der Waals surface area (Å²) in [6, 6.07) is 29.9. The molecule has 12 rings (SSSR count). The largest absolute Gasteiger partial charge is 0.444 e. The molecule has 21 heteroatoms. The topological polar surface area (TPSA) is 219 Å². The number of nitrogens with zero attached hydrogens (tertiary/aromatic N) is 6. The number of alkyl carbamates (subject to hydrolysis) is 1. The van der Waals surface area contributed by atoms with E-state index < -0.39 is 54.2 Å². The number of aryl methyl sites for hydroxylation is 2. The number of hydrogen-bond acceptors (Lipinski definition) is 12. The molecule has 4 aromatic carbocycles. The Labute approximate surface area is 551 Å². The fourth-order valence-electron chi connectivity index (χ4n) is 13.2. The number of alkyl halides is 1. The van der Waals surface area contributed by atoms with Crippen LogP contribution in [0.1, 0.15) is 108 Å². The van der Waals surface area contributed by atoms with Crippen LogP contribution >= 0.6 is 22.7 Å². The Bertz CT molecular complexity index is 4120. The van der Waals surface area contributed by atoms with Crippen LogP contribution in [0.3, 0.4) is 0 Å². The first-order valence-corrected chi connectivity index (χ1v) is 33.4. The summed E-state index contributed by atoms with van der Waals surface area (Å²) < 4.78 is 24.9. The summed E-state index contributed by atoms with van der Waals surface area (Å²) in [7, 11) is 2.92. The lowest BCUT2D eigenvalue weighted by molar-refractivity contribution is -0.132. The molecule has 4 aliphatic heterocycles. The van der Waals surface area contributed by atoms with Crippen LogP contribution in [-0.4, -0.2) is 99.8 Å². The normalized spacial score (nSPS) is 17.3. The highest BCUT2D eigenvalue weighted by atomic mass is 32.1. The zero-order chi connectivity index (χ0) is 67.2. The van der Waals surface area contributed by atoms with Gasteiger partial charge in [0.25, 0.3) is 0 Å². The SMILES string of the molecule is Cn1cc(C[C@@H](N)C(=O)CC2Cc3cccc(N4CCCC4=O)c3N(Cc3ccsc3)C2=O)c2ccccc21.Cn1cc(C[C@@H](NC(=O)C(C)(C)NC(=O)OC(C)(C)C)C(=O)CC2Cc3cccc(N4CCCC4=O)c3N(Cc3ccsc3)C2=O)c2ccccc21.[2H]CF. The molecule has 2 unspecified atom stereocenters. The van der Waals surface area contributed by atoms with Crippen molar-refractivity contribution in [1.82, 2.24) is 19.8 Å². The number of benzene rings is 4. The predicted octanol–water partition coefficient (Wildman–Crippen LogP) is 11.2. The van der Waals surface area contributed by atoms with Gasteiger partial charge in [-0.15, -0.1) is 0 Å². The van der Waals surface area contributed by atoms with Crippen LogP contribution in [0.25, 0.3) is 21.8 Å². The highest BCUT2D eigenvalue weighted by Crippen LogP contribution is 2.44. The summed E-state index contributed by atoms with van der Waals surface area (Å²) in [5.41, 5.74) is 15.1.